The Bertz CT molecular complexity index is 433. The number of anilines is 1. The molecule has 0 aromatic heterocycles. The molecule has 1 aromatic carbocycles. The van der Waals surface area contributed by atoms with Gasteiger partial charge in [-0.15, -0.1) is 0 Å². The lowest BCUT2D eigenvalue weighted by atomic mass is 9.92. The molecule has 1 rings (SSSR count). The number of rotatable bonds is 1. The highest BCUT2D eigenvalue weighted by Gasteiger charge is 2.74. The first-order valence-electron chi connectivity index (χ1n) is 4.29. The third kappa shape index (κ3) is 1.97. The van der Waals surface area contributed by atoms with Gasteiger partial charge in [-0.3, -0.25) is 0 Å². The van der Waals surface area contributed by atoms with Crippen LogP contribution >= 0.6 is 0 Å². The van der Waals surface area contributed by atoms with Gasteiger partial charge in [-0.25, -0.2) is 8.78 Å². The lowest BCUT2D eigenvalue weighted by molar-refractivity contribution is -0.348. The Morgan fingerprint density at radius 3 is 1.67 bits per heavy atom. The van der Waals surface area contributed by atoms with Crippen molar-refractivity contribution >= 4 is 5.69 Å². The minimum absolute atomic E-state index is 0.138. The van der Waals surface area contributed by atoms with Crippen molar-refractivity contribution in [3.63, 3.8) is 0 Å². The Morgan fingerprint density at radius 2 is 1.28 bits per heavy atom. The number of halogens is 8. The second kappa shape index (κ2) is 3.99. The van der Waals surface area contributed by atoms with Crippen molar-refractivity contribution in [2.24, 2.45) is 0 Å². The molecule has 102 valence electrons. The molecule has 0 aliphatic rings. The summed E-state index contributed by atoms with van der Waals surface area (Å²) < 4.78 is 100. The van der Waals surface area contributed by atoms with Gasteiger partial charge in [0.05, 0.1) is 5.69 Å². The maximum atomic E-state index is 13.5. The van der Waals surface area contributed by atoms with Crippen LogP contribution in [-0.4, -0.2) is 12.4 Å². The Labute approximate surface area is 95.2 Å². The van der Waals surface area contributed by atoms with Crippen LogP contribution in [0.15, 0.2) is 18.2 Å². The van der Waals surface area contributed by atoms with Crippen molar-refractivity contribution in [3.05, 3.63) is 29.6 Å². The van der Waals surface area contributed by atoms with E-state index >= 15 is 0 Å². The second-order valence-corrected chi connectivity index (χ2v) is 3.36. The van der Waals surface area contributed by atoms with Crippen LogP contribution in [0.25, 0.3) is 0 Å². The van der Waals surface area contributed by atoms with Crippen molar-refractivity contribution < 1.29 is 35.1 Å². The summed E-state index contributed by atoms with van der Waals surface area (Å²) in [5.74, 6) is -1.57. The molecule has 0 saturated heterocycles. The summed E-state index contributed by atoms with van der Waals surface area (Å²) >= 11 is 0. The van der Waals surface area contributed by atoms with Gasteiger partial charge in [-0.1, -0.05) is 12.1 Å². The van der Waals surface area contributed by atoms with Crippen LogP contribution < -0.4 is 5.73 Å². The molecule has 0 bridgehead atoms. The van der Waals surface area contributed by atoms with E-state index < -0.39 is 35.1 Å². The van der Waals surface area contributed by atoms with Gasteiger partial charge in [-0.2, -0.15) is 26.3 Å². The fraction of sp³-hybridized carbons (Fsp3) is 0.333. The molecule has 0 saturated carbocycles. The summed E-state index contributed by atoms with van der Waals surface area (Å²) in [5.41, 5.74) is -4.51. The van der Waals surface area contributed by atoms with Gasteiger partial charge in [0.15, 0.2) is 0 Å². The molecule has 1 aromatic rings. The van der Waals surface area contributed by atoms with E-state index in [2.05, 4.69) is 0 Å². The summed E-state index contributed by atoms with van der Waals surface area (Å²) in [4.78, 5) is 0. The first-order chi connectivity index (χ1) is 7.93. The zero-order chi connectivity index (χ0) is 14.4. The van der Waals surface area contributed by atoms with Crippen LogP contribution in [0.3, 0.4) is 0 Å². The van der Waals surface area contributed by atoms with Crippen molar-refractivity contribution in [1.82, 2.24) is 0 Å². The average Bonchev–Trinajstić information content (AvgIpc) is 2.17. The average molecular weight is 279 g/mol. The van der Waals surface area contributed by atoms with Gasteiger partial charge in [0, 0.05) is 5.56 Å². The van der Waals surface area contributed by atoms with Crippen molar-refractivity contribution in [1.29, 1.82) is 0 Å². The zero-order valence-corrected chi connectivity index (χ0v) is 8.33. The van der Waals surface area contributed by atoms with E-state index in [0.29, 0.717) is 12.1 Å². The highest BCUT2D eigenvalue weighted by molar-refractivity contribution is 5.52. The molecule has 0 aliphatic carbocycles. The molecule has 18 heavy (non-hydrogen) atoms. The van der Waals surface area contributed by atoms with Gasteiger partial charge < -0.3 is 5.73 Å². The predicted octanol–water partition coefficient (Wildman–Crippen LogP) is 3.70. The number of alkyl halides is 7. The second-order valence-electron chi connectivity index (χ2n) is 3.36. The smallest absolute Gasteiger partial charge is 0.396 e. The molecule has 1 nitrogen and oxygen atoms in total. The highest BCUT2D eigenvalue weighted by Crippen LogP contribution is 2.54. The summed E-state index contributed by atoms with van der Waals surface area (Å²) in [6.07, 6.45) is -12.6. The normalized spacial score (nSPS) is 13.8. The van der Waals surface area contributed by atoms with Crippen LogP contribution in [0.1, 0.15) is 5.56 Å². The summed E-state index contributed by atoms with van der Waals surface area (Å²) in [5, 5.41) is 0. The number of nitrogen functional groups attached to an aromatic ring is 1. The summed E-state index contributed by atoms with van der Waals surface area (Å²) in [6, 6.07) is 1.16. The van der Waals surface area contributed by atoms with Crippen LogP contribution in [0, 0.1) is 5.82 Å². The zero-order valence-electron chi connectivity index (χ0n) is 8.33. The van der Waals surface area contributed by atoms with Crippen LogP contribution in [-0.2, 0) is 5.67 Å². The molecule has 0 fully saturated rings. The third-order valence-corrected chi connectivity index (χ3v) is 2.21. The van der Waals surface area contributed by atoms with Gasteiger partial charge in [0.25, 0.3) is 0 Å². The minimum atomic E-state index is -6.31. The molecule has 0 unspecified atom stereocenters. The number of hydrogen-bond donors (Lipinski definition) is 1. The van der Waals surface area contributed by atoms with Gasteiger partial charge >= 0.3 is 18.0 Å². The van der Waals surface area contributed by atoms with Crippen LogP contribution in [0.5, 0.6) is 0 Å². The molecule has 0 amide bonds. The number of nitrogens with two attached hydrogens (primary N) is 1. The van der Waals surface area contributed by atoms with Crippen molar-refractivity contribution in [2.75, 3.05) is 5.73 Å². The van der Waals surface area contributed by atoms with E-state index in [9.17, 15) is 35.1 Å². The molecule has 9 heteroatoms. The number of benzene rings is 1. The summed E-state index contributed by atoms with van der Waals surface area (Å²) in [7, 11) is 0. The van der Waals surface area contributed by atoms with E-state index in [1.807, 2.05) is 0 Å². The Balaban J connectivity index is 3.61. The molecular weight excluding hydrogens is 274 g/mol. The van der Waals surface area contributed by atoms with E-state index in [4.69, 9.17) is 5.73 Å². The molecule has 0 heterocycles. The maximum absolute atomic E-state index is 13.5. The van der Waals surface area contributed by atoms with Crippen LogP contribution in [0.2, 0.25) is 0 Å². The van der Waals surface area contributed by atoms with E-state index in [0.717, 1.165) is 0 Å². The van der Waals surface area contributed by atoms with Gasteiger partial charge in [0.2, 0.25) is 0 Å². The molecule has 0 aliphatic heterocycles. The molecule has 0 radical (unpaired) electrons. The third-order valence-electron chi connectivity index (χ3n) is 2.21. The maximum Gasteiger partial charge on any atom is 0.436 e. The van der Waals surface area contributed by atoms with Crippen molar-refractivity contribution in [3.8, 4) is 0 Å². The fourth-order valence-corrected chi connectivity index (χ4v) is 1.30. The fourth-order valence-electron chi connectivity index (χ4n) is 1.30. The monoisotopic (exact) mass is 279 g/mol. The first kappa shape index (κ1) is 14.5. The lowest BCUT2D eigenvalue weighted by Gasteiger charge is -2.31. The Kier molecular flexibility index (Phi) is 3.22. The largest absolute Gasteiger partial charge is 0.436 e. The SMILES string of the molecule is Nc1c(F)cccc1C(F)(C(F)(F)F)C(F)(F)F. The minimum Gasteiger partial charge on any atom is -0.396 e. The van der Waals surface area contributed by atoms with Gasteiger partial charge in [-0.05, 0) is 6.07 Å². The molecular formula is C9H5F8N. The molecule has 0 atom stereocenters. The van der Waals surface area contributed by atoms with Crippen LogP contribution in [0.4, 0.5) is 40.8 Å². The summed E-state index contributed by atoms with van der Waals surface area (Å²) in [6.45, 7) is 0. The molecule has 2 N–H and O–H groups in total. The molecule has 0 spiro atoms. The highest BCUT2D eigenvalue weighted by atomic mass is 19.4. The lowest BCUT2D eigenvalue weighted by Crippen LogP contribution is -2.50. The van der Waals surface area contributed by atoms with E-state index in [1.165, 1.54) is 0 Å². The first-order valence-corrected chi connectivity index (χ1v) is 4.29. The number of para-hydroxylation sites is 1. The predicted molar refractivity (Wildman–Crippen MR) is 45.7 cm³/mol. The Hall–Kier alpha value is -1.54. The van der Waals surface area contributed by atoms with Crippen molar-refractivity contribution in [2.45, 2.75) is 18.0 Å². The van der Waals surface area contributed by atoms with Gasteiger partial charge in [0.1, 0.15) is 5.82 Å². The number of hydrogen-bond acceptors (Lipinski definition) is 1. The van der Waals surface area contributed by atoms with E-state index in [-0.39, 0.29) is 6.07 Å². The van der Waals surface area contributed by atoms with E-state index in [1.54, 1.807) is 0 Å². The topological polar surface area (TPSA) is 26.0 Å². The standard InChI is InChI=1S/C9H5F8N/c10-5-3-1-2-4(6(5)18)7(11,8(12,13)14)9(15,16)17/h1-3H,18H2. The Morgan fingerprint density at radius 1 is 0.833 bits per heavy atom. The quantitative estimate of drug-likeness (QED) is 0.615.